The maximum absolute atomic E-state index is 11.7. The van der Waals surface area contributed by atoms with Gasteiger partial charge in [0.25, 0.3) is 5.91 Å². The lowest BCUT2D eigenvalue weighted by molar-refractivity contribution is 0.0903. The molecule has 1 aliphatic heterocycles. The first-order chi connectivity index (χ1) is 7.66. The Morgan fingerprint density at radius 3 is 3.12 bits per heavy atom. The van der Waals surface area contributed by atoms with Crippen LogP contribution in [0.4, 0.5) is 5.69 Å². The van der Waals surface area contributed by atoms with E-state index in [1.165, 1.54) is 0 Å². The molecule has 1 saturated heterocycles. The van der Waals surface area contributed by atoms with Gasteiger partial charge in [-0.3, -0.25) is 4.79 Å². The molecule has 16 heavy (non-hydrogen) atoms. The Morgan fingerprint density at radius 1 is 1.75 bits per heavy atom. The Kier molecular flexibility index (Phi) is 3.14. The van der Waals surface area contributed by atoms with Crippen molar-refractivity contribution in [2.24, 2.45) is 5.92 Å². The summed E-state index contributed by atoms with van der Waals surface area (Å²) in [6.07, 6.45) is 2.85. The number of aromatic amines is 1. The topological polar surface area (TPSA) is 80.1 Å². The smallest absolute Gasteiger partial charge is 0.267 e. The highest BCUT2D eigenvalue weighted by atomic mass is 16.5. The Balaban J connectivity index is 1.84. The van der Waals surface area contributed by atoms with Crippen LogP contribution in [0.1, 0.15) is 23.8 Å². The zero-order valence-electron chi connectivity index (χ0n) is 9.32. The quantitative estimate of drug-likeness (QED) is 0.707. The zero-order chi connectivity index (χ0) is 11.5. The van der Waals surface area contributed by atoms with Gasteiger partial charge in [0.05, 0.1) is 6.10 Å². The summed E-state index contributed by atoms with van der Waals surface area (Å²) in [5.41, 5.74) is 6.60. The molecule has 1 aromatic rings. The first-order valence-corrected chi connectivity index (χ1v) is 5.50. The van der Waals surface area contributed by atoms with E-state index < -0.39 is 0 Å². The van der Waals surface area contributed by atoms with E-state index in [9.17, 15) is 4.79 Å². The van der Waals surface area contributed by atoms with Crippen LogP contribution in [0.25, 0.3) is 0 Å². The minimum Gasteiger partial charge on any atom is -0.397 e. The van der Waals surface area contributed by atoms with Crippen LogP contribution in [0.5, 0.6) is 0 Å². The Morgan fingerprint density at radius 2 is 2.56 bits per heavy atom. The molecule has 88 valence electrons. The lowest BCUT2D eigenvalue weighted by atomic mass is 10.0. The molecule has 2 unspecified atom stereocenters. The second kappa shape index (κ2) is 4.57. The predicted octanol–water partition coefficient (Wildman–Crippen LogP) is 0.752. The Bertz CT molecular complexity index is 375. The number of nitrogens with one attached hydrogen (secondary N) is 2. The SMILES string of the molecule is CC1OCCC1CNC(=O)c1cc(N)c[nH]1. The Hall–Kier alpha value is -1.49. The van der Waals surface area contributed by atoms with Crippen LogP contribution in [-0.4, -0.2) is 30.1 Å². The number of hydrogen-bond acceptors (Lipinski definition) is 3. The minimum absolute atomic E-state index is 0.115. The van der Waals surface area contributed by atoms with Gasteiger partial charge in [-0.2, -0.15) is 0 Å². The average molecular weight is 223 g/mol. The molecule has 2 rings (SSSR count). The summed E-state index contributed by atoms with van der Waals surface area (Å²) in [6, 6.07) is 1.63. The molecule has 5 heteroatoms. The maximum atomic E-state index is 11.7. The molecular formula is C11H17N3O2. The summed E-state index contributed by atoms with van der Waals surface area (Å²) in [4.78, 5) is 14.5. The number of H-pyrrole nitrogens is 1. The van der Waals surface area contributed by atoms with E-state index >= 15 is 0 Å². The molecule has 0 aromatic carbocycles. The molecule has 0 bridgehead atoms. The van der Waals surface area contributed by atoms with E-state index in [4.69, 9.17) is 10.5 Å². The van der Waals surface area contributed by atoms with E-state index in [2.05, 4.69) is 10.3 Å². The standard InChI is InChI=1S/C11H17N3O2/c1-7-8(2-3-16-7)5-14-11(15)10-4-9(12)6-13-10/h4,6-8,13H,2-3,5,12H2,1H3,(H,14,15). The Labute approximate surface area is 94.4 Å². The summed E-state index contributed by atoms with van der Waals surface area (Å²) in [6.45, 7) is 3.48. The molecule has 1 aliphatic rings. The number of anilines is 1. The number of hydrogen-bond donors (Lipinski definition) is 3. The van der Waals surface area contributed by atoms with Crippen LogP contribution in [0.2, 0.25) is 0 Å². The molecule has 4 N–H and O–H groups in total. The van der Waals surface area contributed by atoms with Crippen LogP contribution in [0.15, 0.2) is 12.3 Å². The van der Waals surface area contributed by atoms with Gasteiger partial charge in [-0.25, -0.2) is 0 Å². The number of nitrogens with two attached hydrogens (primary N) is 1. The maximum Gasteiger partial charge on any atom is 0.267 e. The molecule has 1 aromatic heterocycles. The van der Waals surface area contributed by atoms with Gasteiger partial charge >= 0.3 is 0 Å². The first kappa shape index (κ1) is 11.0. The summed E-state index contributed by atoms with van der Waals surface area (Å²) in [5, 5.41) is 2.88. The van der Waals surface area contributed by atoms with Gasteiger partial charge < -0.3 is 20.8 Å². The molecule has 0 aliphatic carbocycles. The second-order valence-electron chi connectivity index (χ2n) is 4.18. The zero-order valence-corrected chi connectivity index (χ0v) is 9.32. The number of amides is 1. The van der Waals surface area contributed by atoms with Crippen LogP contribution in [0, 0.1) is 5.92 Å². The van der Waals surface area contributed by atoms with Crippen LogP contribution in [-0.2, 0) is 4.74 Å². The number of rotatable bonds is 3. The fourth-order valence-corrected chi connectivity index (χ4v) is 1.91. The van der Waals surface area contributed by atoms with Gasteiger partial charge in [-0.05, 0) is 19.4 Å². The highest BCUT2D eigenvalue weighted by molar-refractivity contribution is 5.93. The third-order valence-electron chi connectivity index (χ3n) is 3.01. The third kappa shape index (κ3) is 2.36. The van der Waals surface area contributed by atoms with Crippen molar-refractivity contribution in [3.63, 3.8) is 0 Å². The number of carbonyl (C=O) groups is 1. The van der Waals surface area contributed by atoms with Gasteiger partial charge in [0.1, 0.15) is 5.69 Å². The van der Waals surface area contributed by atoms with Crippen LogP contribution in [0.3, 0.4) is 0 Å². The summed E-state index contributed by atoms with van der Waals surface area (Å²) < 4.78 is 5.43. The van der Waals surface area contributed by atoms with Crippen LogP contribution >= 0.6 is 0 Å². The molecular weight excluding hydrogens is 206 g/mol. The molecule has 0 saturated carbocycles. The minimum atomic E-state index is -0.115. The van der Waals surface area contributed by atoms with Crippen molar-refractivity contribution >= 4 is 11.6 Å². The highest BCUT2D eigenvalue weighted by Gasteiger charge is 2.24. The summed E-state index contributed by atoms with van der Waals surface area (Å²) in [7, 11) is 0. The molecule has 5 nitrogen and oxygen atoms in total. The van der Waals surface area contributed by atoms with Gasteiger partial charge in [0, 0.05) is 31.0 Å². The fraction of sp³-hybridized carbons (Fsp3) is 0.545. The average Bonchev–Trinajstić information content (AvgIpc) is 2.84. The highest BCUT2D eigenvalue weighted by Crippen LogP contribution is 2.19. The van der Waals surface area contributed by atoms with Gasteiger partial charge in [0.15, 0.2) is 0 Å². The van der Waals surface area contributed by atoms with Crippen molar-refractivity contribution in [3.05, 3.63) is 18.0 Å². The van der Waals surface area contributed by atoms with Crippen molar-refractivity contribution in [1.82, 2.24) is 10.3 Å². The van der Waals surface area contributed by atoms with E-state index in [1.807, 2.05) is 6.92 Å². The van der Waals surface area contributed by atoms with E-state index in [1.54, 1.807) is 12.3 Å². The van der Waals surface area contributed by atoms with Gasteiger partial charge in [-0.15, -0.1) is 0 Å². The second-order valence-corrected chi connectivity index (χ2v) is 4.18. The van der Waals surface area contributed by atoms with Gasteiger partial charge in [0.2, 0.25) is 0 Å². The van der Waals surface area contributed by atoms with E-state index in [0.29, 0.717) is 23.8 Å². The lowest BCUT2D eigenvalue weighted by Crippen LogP contribution is -2.32. The molecule has 0 radical (unpaired) electrons. The van der Waals surface area contributed by atoms with Crippen molar-refractivity contribution in [2.45, 2.75) is 19.4 Å². The van der Waals surface area contributed by atoms with E-state index in [-0.39, 0.29) is 12.0 Å². The monoisotopic (exact) mass is 223 g/mol. The largest absolute Gasteiger partial charge is 0.397 e. The molecule has 0 spiro atoms. The fourth-order valence-electron chi connectivity index (χ4n) is 1.91. The lowest BCUT2D eigenvalue weighted by Gasteiger charge is -2.14. The van der Waals surface area contributed by atoms with E-state index in [0.717, 1.165) is 13.0 Å². The molecule has 1 fully saturated rings. The number of carbonyl (C=O) groups excluding carboxylic acids is 1. The molecule has 2 atom stereocenters. The van der Waals surface area contributed by atoms with Crippen LogP contribution < -0.4 is 11.1 Å². The van der Waals surface area contributed by atoms with Crippen molar-refractivity contribution in [2.75, 3.05) is 18.9 Å². The predicted molar refractivity (Wildman–Crippen MR) is 61.1 cm³/mol. The number of nitrogen functional groups attached to an aromatic ring is 1. The van der Waals surface area contributed by atoms with Gasteiger partial charge in [-0.1, -0.05) is 0 Å². The molecule has 1 amide bonds. The van der Waals surface area contributed by atoms with Crippen molar-refractivity contribution in [3.8, 4) is 0 Å². The van der Waals surface area contributed by atoms with Crippen molar-refractivity contribution < 1.29 is 9.53 Å². The third-order valence-corrected chi connectivity index (χ3v) is 3.01. The first-order valence-electron chi connectivity index (χ1n) is 5.50. The number of aromatic nitrogens is 1. The summed E-state index contributed by atoms with van der Waals surface area (Å²) in [5.74, 6) is 0.298. The molecule has 2 heterocycles. The number of ether oxygens (including phenoxy) is 1. The summed E-state index contributed by atoms with van der Waals surface area (Å²) >= 11 is 0. The van der Waals surface area contributed by atoms with Crippen molar-refractivity contribution in [1.29, 1.82) is 0 Å². The normalized spacial score (nSPS) is 24.6.